The van der Waals surface area contributed by atoms with Gasteiger partial charge in [0.25, 0.3) is 5.91 Å². The molecule has 5 nitrogen and oxygen atoms in total. The van der Waals surface area contributed by atoms with Crippen molar-refractivity contribution in [1.29, 1.82) is 0 Å². The largest absolute Gasteiger partial charge is 0.352 e. The lowest BCUT2D eigenvalue weighted by Crippen LogP contribution is -2.26. The minimum atomic E-state index is -3.52. The first-order valence-corrected chi connectivity index (χ1v) is 8.79. The van der Waals surface area contributed by atoms with E-state index in [1.807, 2.05) is 0 Å². The summed E-state index contributed by atoms with van der Waals surface area (Å²) in [5.41, 5.74) is 0.600. The Bertz CT molecular complexity index is 617. The van der Waals surface area contributed by atoms with Gasteiger partial charge in [-0.15, -0.1) is 0 Å². The second-order valence-electron chi connectivity index (χ2n) is 6.74. The van der Waals surface area contributed by atoms with Gasteiger partial charge in [0.2, 0.25) is 10.0 Å². The molecule has 0 heterocycles. The van der Waals surface area contributed by atoms with Crippen LogP contribution in [0.4, 0.5) is 0 Å². The van der Waals surface area contributed by atoms with Crippen LogP contribution in [0.25, 0.3) is 0 Å². The van der Waals surface area contributed by atoms with Crippen LogP contribution in [0.5, 0.6) is 0 Å². The van der Waals surface area contributed by atoms with Crippen LogP contribution in [0.3, 0.4) is 0 Å². The molecular formula is C16H26N2O3S. The van der Waals surface area contributed by atoms with Crippen molar-refractivity contribution < 1.29 is 13.2 Å². The van der Waals surface area contributed by atoms with Gasteiger partial charge in [0.05, 0.1) is 4.90 Å². The van der Waals surface area contributed by atoms with Crippen molar-refractivity contribution in [3.63, 3.8) is 0 Å². The molecule has 0 fully saturated rings. The molecule has 0 aromatic heterocycles. The Balaban J connectivity index is 2.72. The average molecular weight is 326 g/mol. The van der Waals surface area contributed by atoms with Crippen LogP contribution in [-0.4, -0.2) is 39.3 Å². The number of rotatable bonds is 6. The normalized spacial score (nSPS) is 12.5. The van der Waals surface area contributed by atoms with Crippen LogP contribution < -0.4 is 5.32 Å². The zero-order valence-corrected chi connectivity index (χ0v) is 14.8. The van der Waals surface area contributed by atoms with Gasteiger partial charge in [-0.2, -0.15) is 0 Å². The van der Waals surface area contributed by atoms with E-state index in [4.69, 9.17) is 0 Å². The number of benzene rings is 1. The van der Waals surface area contributed by atoms with Crippen LogP contribution in [-0.2, 0) is 10.0 Å². The molecule has 1 N–H and O–H groups in total. The molecule has 0 bridgehead atoms. The molecule has 0 saturated heterocycles. The fraction of sp³-hybridized carbons (Fsp3) is 0.562. The first-order valence-electron chi connectivity index (χ1n) is 7.35. The van der Waals surface area contributed by atoms with Crippen LogP contribution in [0.2, 0.25) is 0 Å². The number of hydrogen-bond donors (Lipinski definition) is 1. The van der Waals surface area contributed by atoms with Crippen LogP contribution in [0.1, 0.15) is 44.0 Å². The SMILES string of the molecule is CN(C)S(=O)(=O)c1cccc(C(=O)NCCCC(C)(C)C)c1. The zero-order chi connectivity index (χ0) is 17.0. The summed E-state index contributed by atoms with van der Waals surface area (Å²) in [5, 5.41) is 2.83. The molecule has 1 rings (SSSR count). The summed E-state index contributed by atoms with van der Waals surface area (Å²) in [6.45, 7) is 7.06. The van der Waals surface area contributed by atoms with E-state index in [0.29, 0.717) is 12.1 Å². The molecule has 0 aliphatic heterocycles. The Kier molecular flexibility index (Phi) is 6.14. The van der Waals surface area contributed by atoms with Gasteiger partial charge in [-0.3, -0.25) is 4.79 Å². The van der Waals surface area contributed by atoms with E-state index in [9.17, 15) is 13.2 Å². The molecular weight excluding hydrogens is 300 g/mol. The van der Waals surface area contributed by atoms with Gasteiger partial charge < -0.3 is 5.32 Å². The molecule has 0 atom stereocenters. The maximum absolute atomic E-state index is 12.1. The number of hydrogen-bond acceptors (Lipinski definition) is 3. The quantitative estimate of drug-likeness (QED) is 0.817. The number of sulfonamides is 1. The molecule has 1 amide bonds. The van der Waals surface area contributed by atoms with Gasteiger partial charge in [-0.25, -0.2) is 12.7 Å². The maximum Gasteiger partial charge on any atom is 0.251 e. The van der Waals surface area contributed by atoms with Crippen LogP contribution in [0.15, 0.2) is 29.2 Å². The van der Waals surface area contributed by atoms with E-state index < -0.39 is 10.0 Å². The maximum atomic E-state index is 12.1. The first kappa shape index (κ1) is 18.6. The molecule has 0 radical (unpaired) electrons. The topological polar surface area (TPSA) is 66.5 Å². The average Bonchev–Trinajstić information content (AvgIpc) is 2.42. The smallest absolute Gasteiger partial charge is 0.251 e. The number of nitrogens with one attached hydrogen (secondary N) is 1. The van der Waals surface area contributed by atoms with Gasteiger partial charge >= 0.3 is 0 Å². The molecule has 0 aliphatic carbocycles. The summed E-state index contributed by atoms with van der Waals surface area (Å²) in [6.07, 6.45) is 1.91. The Morgan fingerprint density at radius 3 is 2.41 bits per heavy atom. The highest BCUT2D eigenvalue weighted by Crippen LogP contribution is 2.20. The van der Waals surface area contributed by atoms with Crippen LogP contribution >= 0.6 is 0 Å². The van der Waals surface area contributed by atoms with E-state index in [-0.39, 0.29) is 16.2 Å². The predicted molar refractivity (Wildman–Crippen MR) is 88.3 cm³/mol. The lowest BCUT2D eigenvalue weighted by molar-refractivity contribution is 0.0951. The number of carbonyl (C=O) groups is 1. The van der Waals surface area contributed by atoms with Gasteiger partial charge in [0.1, 0.15) is 0 Å². The fourth-order valence-corrected chi connectivity index (χ4v) is 2.88. The predicted octanol–water partition coefficient (Wildman–Crippen LogP) is 2.49. The minimum absolute atomic E-state index is 0.125. The summed E-state index contributed by atoms with van der Waals surface area (Å²) >= 11 is 0. The Labute approximate surface area is 133 Å². The van der Waals surface area contributed by atoms with E-state index in [1.54, 1.807) is 12.1 Å². The lowest BCUT2D eigenvalue weighted by Gasteiger charge is -2.17. The molecule has 0 aliphatic rings. The van der Waals surface area contributed by atoms with Gasteiger partial charge in [-0.05, 0) is 36.5 Å². The Morgan fingerprint density at radius 2 is 1.86 bits per heavy atom. The third-order valence-electron chi connectivity index (χ3n) is 3.26. The standard InChI is InChI=1S/C16H26N2O3S/c1-16(2,3)10-7-11-17-15(19)13-8-6-9-14(12-13)22(20,21)18(4)5/h6,8-9,12H,7,10-11H2,1-5H3,(H,17,19). The number of carbonyl (C=O) groups excluding carboxylic acids is 1. The molecule has 22 heavy (non-hydrogen) atoms. The molecule has 1 aromatic rings. The highest BCUT2D eigenvalue weighted by Gasteiger charge is 2.18. The van der Waals surface area contributed by atoms with Gasteiger partial charge in [0, 0.05) is 26.2 Å². The molecule has 6 heteroatoms. The zero-order valence-electron chi connectivity index (χ0n) is 14.0. The second kappa shape index (κ2) is 7.24. The van der Waals surface area contributed by atoms with E-state index in [0.717, 1.165) is 17.1 Å². The van der Waals surface area contributed by atoms with Crippen molar-refractivity contribution in [1.82, 2.24) is 9.62 Å². The van der Waals surface area contributed by atoms with E-state index in [1.165, 1.54) is 26.2 Å². The third kappa shape index (κ3) is 5.42. The molecule has 0 spiro atoms. The fourth-order valence-electron chi connectivity index (χ4n) is 1.93. The Hall–Kier alpha value is -1.40. The number of amides is 1. The second-order valence-corrected chi connectivity index (χ2v) is 8.89. The van der Waals surface area contributed by atoms with E-state index in [2.05, 4.69) is 26.1 Å². The van der Waals surface area contributed by atoms with Crippen molar-refractivity contribution in [2.75, 3.05) is 20.6 Å². The van der Waals surface area contributed by atoms with Crippen molar-refractivity contribution in [3.05, 3.63) is 29.8 Å². The van der Waals surface area contributed by atoms with Crippen molar-refractivity contribution in [2.24, 2.45) is 5.41 Å². The number of nitrogens with zero attached hydrogens (tertiary/aromatic N) is 1. The summed E-state index contributed by atoms with van der Waals surface area (Å²) in [4.78, 5) is 12.2. The monoisotopic (exact) mass is 326 g/mol. The van der Waals surface area contributed by atoms with Crippen molar-refractivity contribution >= 4 is 15.9 Å². The highest BCUT2D eigenvalue weighted by molar-refractivity contribution is 7.89. The van der Waals surface area contributed by atoms with Gasteiger partial charge in [-0.1, -0.05) is 26.8 Å². The summed E-state index contributed by atoms with van der Waals surface area (Å²) in [7, 11) is -0.590. The molecule has 0 unspecified atom stereocenters. The summed E-state index contributed by atoms with van der Waals surface area (Å²) < 4.78 is 25.3. The third-order valence-corrected chi connectivity index (χ3v) is 5.07. The molecule has 124 valence electrons. The lowest BCUT2D eigenvalue weighted by atomic mass is 9.91. The van der Waals surface area contributed by atoms with Gasteiger partial charge in [0.15, 0.2) is 0 Å². The molecule has 0 saturated carbocycles. The minimum Gasteiger partial charge on any atom is -0.352 e. The van der Waals surface area contributed by atoms with Crippen molar-refractivity contribution in [2.45, 2.75) is 38.5 Å². The van der Waals surface area contributed by atoms with E-state index >= 15 is 0 Å². The Morgan fingerprint density at radius 1 is 1.23 bits per heavy atom. The summed E-state index contributed by atoms with van der Waals surface area (Å²) in [5.74, 6) is -0.246. The van der Waals surface area contributed by atoms with Crippen molar-refractivity contribution in [3.8, 4) is 0 Å². The highest BCUT2D eigenvalue weighted by atomic mass is 32.2. The van der Waals surface area contributed by atoms with Crippen LogP contribution in [0, 0.1) is 5.41 Å². The molecule has 1 aromatic carbocycles. The summed E-state index contributed by atoms with van der Waals surface area (Å²) in [6, 6.07) is 6.11. The first-order chi connectivity index (χ1) is 10.0.